The molecule has 2 atom stereocenters. The molecular weight excluding hydrogens is 298 g/mol. The fourth-order valence-electron chi connectivity index (χ4n) is 1.95. The molecule has 0 aliphatic rings. The summed E-state index contributed by atoms with van der Waals surface area (Å²) in [4.78, 5) is 0. The minimum Gasteiger partial charge on any atom is -0.383 e. The first-order valence-electron chi connectivity index (χ1n) is 6.48. The maximum Gasteiger partial charge on any atom is 0.214 e. The van der Waals surface area contributed by atoms with E-state index in [1.54, 1.807) is 14.2 Å². The van der Waals surface area contributed by atoms with E-state index in [0.29, 0.717) is 6.61 Å². The lowest BCUT2D eigenvalue weighted by atomic mass is 10.0. The summed E-state index contributed by atoms with van der Waals surface area (Å²) in [6.45, 7) is 2.49. The van der Waals surface area contributed by atoms with Crippen molar-refractivity contribution in [2.75, 3.05) is 33.1 Å². The molecule has 20 heavy (non-hydrogen) atoms. The Balaban J connectivity index is 2.65. The van der Waals surface area contributed by atoms with Crippen molar-refractivity contribution in [1.82, 2.24) is 4.31 Å². The Bertz CT molecular complexity index is 492. The average molecular weight is 320 g/mol. The van der Waals surface area contributed by atoms with Crippen LogP contribution in [-0.2, 0) is 14.8 Å². The third-order valence-electron chi connectivity index (χ3n) is 3.11. The Morgan fingerprint density at radius 3 is 2.45 bits per heavy atom. The molecule has 1 rings (SSSR count). The molecule has 0 amide bonds. The van der Waals surface area contributed by atoms with Crippen molar-refractivity contribution in [2.24, 2.45) is 0 Å². The van der Waals surface area contributed by atoms with E-state index in [0.717, 1.165) is 5.56 Å². The highest BCUT2D eigenvalue weighted by Gasteiger charge is 2.23. The van der Waals surface area contributed by atoms with Gasteiger partial charge >= 0.3 is 0 Å². The normalized spacial score (nSPS) is 15.2. The number of rotatable bonds is 8. The smallest absolute Gasteiger partial charge is 0.214 e. The van der Waals surface area contributed by atoms with Crippen LogP contribution in [0.3, 0.4) is 0 Å². The lowest BCUT2D eigenvalue weighted by Gasteiger charge is -2.22. The Hall–Kier alpha value is -0.620. The molecule has 0 aromatic heterocycles. The minimum atomic E-state index is -3.33. The molecule has 0 N–H and O–H groups in total. The topological polar surface area (TPSA) is 46.6 Å². The third kappa shape index (κ3) is 5.40. The van der Waals surface area contributed by atoms with Crippen LogP contribution in [0, 0.1) is 0 Å². The first-order chi connectivity index (χ1) is 9.36. The number of alkyl halides is 1. The number of hydrogen-bond donors (Lipinski definition) is 0. The molecular formula is C14H22ClNO3S. The summed E-state index contributed by atoms with van der Waals surface area (Å²) in [6, 6.07) is 9.62. The van der Waals surface area contributed by atoms with Crippen molar-refractivity contribution < 1.29 is 13.2 Å². The monoisotopic (exact) mass is 319 g/mol. The number of benzene rings is 1. The van der Waals surface area contributed by atoms with Crippen LogP contribution in [0.15, 0.2) is 30.3 Å². The summed E-state index contributed by atoms with van der Waals surface area (Å²) in [5, 5.41) is -0.341. The van der Waals surface area contributed by atoms with E-state index in [2.05, 4.69) is 0 Å². The maximum absolute atomic E-state index is 12.3. The van der Waals surface area contributed by atoms with Gasteiger partial charge in [-0.15, -0.1) is 11.6 Å². The SMILES string of the molecule is COCC(Cl)CN(C)S(=O)(=O)CC(C)c1ccccc1. The van der Waals surface area contributed by atoms with Gasteiger partial charge in [-0.05, 0) is 11.5 Å². The second-order valence-electron chi connectivity index (χ2n) is 4.92. The van der Waals surface area contributed by atoms with E-state index in [9.17, 15) is 8.42 Å². The van der Waals surface area contributed by atoms with E-state index in [4.69, 9.17) is 16.3 Å². The highest BCUT2D eigenvalue weighted by atomic mass is 35.5. The van der Waals surface area contributed by atoms with Crippen LogP contribution in [0.25, 0.3) is 0 Å². The van der Waals surface area contributed by atoms with Crippen LogP contribution < -0.4 is 0 Å². The Morgan fingerprint density at radius 1 is 1.30 bits per heavy atom. The van der Waals surface area contributed by atoms with Crippen molar-refractivity contribution in [2.45, 2.75) is 18.2 Å². The van der Waals surface area contributed by atoms with Gasteiger partial charge in [-0.25, -0.2) is 12.7 Å². The molecule has 2 unspecified atom stereocenters. The first-order valence-corrected chi connectivity index (χ1v) is 8.53. The zero-order chi connectivity index (χ0) is 15.2. The van der Waals surface area contributed by atoms with Crippen molar-refractivity contribution in [3.05, 3.63) is 35.9 Å². The second-order valence-corrected chi connectivity index (χ2v) is 7.66. The summed E-state index contributed by atoms with van der Waals surface area (Å²) in [5.74, 6) is 0.0178. The molecule has 6 heteroatoms. The van der Waals surface area contributed by atoms with Crippen molar-refractivity contribution in [3.63, 3.8) is 0 Å². The molecule has 0 fully saturated rings. The van der Waals surface area contributed by atoms with Crippen LogP contribution in [0.1, 0.15) is 18.4 Å². The van der Waals surface area contributed by atoms with E-state index in [-0.39, 0.29) is 23.6 Å². The number of ether oxygens (including phenoxy) is 1. The van der Waals surface area contributed by atoms with Gasteiger partial charge < -0.3 is 4.74 Å². The molecule has 114 valence electrons. The van der Waals surface area contributed by atoms with Gasteiger partial charge in [0, 0.05) is 20.7 Å². The van der Waals surface area contributed by atoms with Gasteiger partial charge in [0.25, 0.3) is 0 Å². The quantitative estimate of drug-likeness (QED) is 0.691. The number of halogens is 1. The van der Waals surface area contributed by atoms with Gasteiger partial charge in [-0.1, -0.05) is 37.3 Å². The third-order valence-corrected chi connectivity index (χ3v) is 5.39. The molecule has 0 radical (unpaired) electrons. The Kier molecular flexibility index (Phi) is 6.95. The minimum absolute atomic E-state index is 0.0557. The predicted octanol–water partition coefficient (Wildman–Crippen LogP) is 2.31. The standard InChI is InChI=1S/C14H22ClNO3S/c1-12(13-7-5-4-6-8-13)11-20(17,18)16(2)9-14(15)10-19-3/h4-8,12,14H,9-11H2,1-3H3. The van der Waals surface area contributed by atoms with Crippen LogP contribution in [0.4, 0.5) is 0 Å². The van der Waals surface area contributed by atoms with Gasteiger partial charge in [0.15, 0.2) is 0 Å². The summed E-state index contributed by atoms with van der Waals surface area (Å²) in [6.07, 6.45) is 0. The number of methoxy groups -OCH3 is 1. The Morgan fingerprint density at radius 2 is 1.90 bits per heavy atom. The fraction of sp³-hybridized carbons (Fsp3) is 0.571. The van der Waals surface area contributed by atoms with E-state index in [1.807, 2.05) is 37.3 Å². The van der Waals surface area contributed by atoms with Gasteiger partial charge in [0.05, 0.1) is 17.7 Å². The molecule has 0 heterocycles. The van der Waals surface area contributed by atoms with Gasteiger partial charge in [-0.2, -0.15) is 0 Å². The van der Waals surface area contributed by atoms with Crippen LogP contribution in [0.2, 0.25) is 0 Å². The van der Waals surface area contributed by atoms with Crippen molar-refractivity contribution in [1.29, 1.82) is 0 Å². The summed E-state index contributed by atoms with van der Waals surface area (Å²) >= 11 is 6.00. The summed E-state index contributed by atoms with van der Waals surface area (Å²) in [5.41, 5.74) is 1.02. The second kappa shape index (κ2) is 7.98. The van der Waals surface area contributed by atoms with E-state index < -0.39 is 10.0 Å². The first kappa shape index (κ1) is 17.4. The van der Waals surface area contributed by atoms with Gasteiger partial charge in [0.1, 0.15) is 0 Å². The zero-order valence-corrected chi connectivity index (χ0v) is 13.7. The lowest BCUT2D eigenvalue weighted by Crippen LogP contribution is -2.36. The molecule has 0 saturated heterocycles. The van der Waals surface area contributed by atoms with Gasteiger partial charge in [-0.3, -0.25) is 0 Å². The average Bonchev–Trinajstić information content (AvgIpc) is 2.39. The van der Waals surface area contributed by atoms with Gasteiger partial charge in [0.2, 0.25) is 10.0 Å². The highest BCUT2D eigenvalue weighted by molar-refractivity contribution is 7.89. The number of hydrogen-bond acceptors (Lipinski definition) is 3. The number of sulfonamides is 1. The molecule has 1 aromatic carbocycles. The van der Waals surface area contributed by atoms with Crippen molar-refractivity contribution >= 4 is 21.6 Å². The molecule has 0 aliphatic heterocycles. The fourth-order valence-corrected chi connectivity index (χ4v) is 3.85. The molecule has 0 saturated carbocycles. The highest BCUT2D eigenvalue weighted by Crippen LogP contribution is 2.18. The molecule has 0 spiro atoms. The van der Waals surface area contributed by atoms with Crippen molar-refractivity contribution in [3.8, 4) is 0 Å². The molecule has 0 aliphatic carbocycles. The van der Waals surface area contributed by atoms with Crippen LogP contribution in [-0.4, -0.2) is 51.2 Å². The predicted molar refractivity (Wildman–Crippen MR) is 82.8 cm³/mol. The Labute approximate surface area is 126 Å². The van der Waals surface area contributed by atoms with Crippen LogP contribution >= 0.6 is 11.6 Å². The van der Waals surface area contributed by atoms with E-state index >= 15 is 0 Å². The molecule has 0 bridgehead atoms. The van der Waals surface area contributed by atoms with E-state index in [1.165, 1.54) is 4.31 Å². The number of nitrogens with zero attached hydrogens (tertiary/aromatic N) is 1. The summed E-state index contributed by atoms with van der Waals surface area (Å²) < 4.78 is 30.8. The molecule has 1 aromatic rings. The largest absolute Gasteiger partial charge is 0.383 e. The summed E-state index contributed by atoms with van der Waals surface area (Å²) in [7, 11) is -0.231. The van der Waals surface area contributed by atoms with Crippen LogP contribution in [0.5, 0.6) is 0 Å². The lowest BCUT2D eigenvalue weighted by molar-refractivity contribution is 0.192. The maximum atomic E-state index is 12.3. The zero-order valence-electron chi connectivity index (χ0n) is 12.1. The molecule has 4 nitrogen and oxygen atoms in total.